The lowest BCUT2D eigenvalue weighted by Crippen LogP contribution is -2.26. The van der Waals surface area contributed by atoms with Crippen LogP contribution in [0.5, 0.6) is 5.75 Å². The Balaban J connectivity index is 2.58. The van der Waals surface area contributed by atoms with Gasteiger partial charge in [0.2, 0.25) is 0 Å². The van der Waals surface area contributed by atoms with Crippen molar-refractivity contribution in [3.05, 3.63) is 29.8 Å². The van der Waals surface area contributed by atoms with E-state index in [1.807, 2.05) is 19.1 Å². The van der Waals surface area contributed by atoms with Crippen LogP contribution >= 0.6 is 0 Å². The van der Waals surface area contributed by atoms with Crippen LogP contribution in [0.4, 0.5) is 0 Å². The summed E-state index contributed by atoms with van der Waals surface area (Å²) in [5.74, 6) is 1.49. The molecule has 0 amide bonds. The van der Waals surface area contributed by atoms with E-state index in [-0.39, 0.29) is 6.04 Å². The second-order valence-electron chi connectivity index (χ2n) is 5.04. The average molecular weight is 265 g/mol. The lowest BCUT2D eigenvalue weighted by atomic mass is 10.1. The molecule has 0 fully saturated rings. The topological polar surface area (TPSA) is 30.5 Å². The van der Waals surface area contributed by atoms with E-state index >= 15 is 0 Å². The van der Waals surface area contributed by atoms with E-state index in [4.69, 9.17) is 9.47 Å². The highest BCUT2D eigenvalue weighted by molar-refractivity contribution is 5.29. The summed E-state index contributed by atoms with van der Waals surface area (Å²) in [6.07, 6.45) is 0. The average Bonchev–Trinajstić information content (AvgIpc) is 2.39. The molecule has 19 heavy (non-hydrogen) atoms. The molecule has 1 atom stereocenters. The predicted octanol–water partition coefficient (Wildman–Crippen LogP) is 3.41. The third-order valence-electron chi connectivity index (χ3n) is 2.78. The fourth-order valence-corrected chi connectivity index (χ4v) is 1.90. The van der Waals surface area contributed by atoms with Gasteiger partial charge in [-0.3, -0.25) is 0 Å². The zero-order chi connectivity index (χ0) is 14.1. The molecule has 0 aliphatic rings. The summed E-state index contributed by atoms with van der Waals surface area (Å²) >= 11 is 0. The van der Waals surface area contributed by atoms with Crippen LogP contribution in [-0.2, 0) is 4.74 Å². The van der Waals surface area contributed by atoms with Gasteiger partial charge in [0.15, 0.2) is 0 Å². The van der Waals surface area contributed by atoms with E-state index < -0.39 is 0 Å². The lowest BCUT2D eigenvalue weighted by Gasteiger charge is -2.19. The summed E-state index contributed by atoms with van der Waals surface area (Å²) in [4.78, 5) is 0. The van der Waals surface area contributed by atoms with Crippen LogP contribution < -0.4 is 10.1 Å². The van der Waals surface area contributed by atoms with Crippen LogP contribution in [0.15, 0.2) is 24.3 Å². The Morgan fingerprint density at radius 3 is 2.26 bits per heavy atom. The highest BCUT2D eigenvalue weighted by Gasteiger charge is 2.10. The number of hydrogen-bond donors (Lipinski definition) is 1. The zero-order valence-corrected chi connectivity index (χ0v) is 12.6. The first-order valence-electron chi connectivity index (χ1n) is 7.21. The van der Waals surface area contributed by atoms with Crippen molar-refractivity contribution in [3.63, 3.8) is 0 Å². The van der Waals surface area contributed by atoms with E-state index in [9.17, 15) is 0 Å². The number of nitrogens with one attached hydrogen (secondary N) is 1. The Hall–Kier alpha value is -1.06. The van der Waals surface area contributed by atoms with Gasteiger partial charge in [0.05, 0.1) is 19.3 Å². The Bertz CT molecular complexity index is 335. The quantitative estimate of drug-likeness (QED) is 0.742. The standard InChI is InChI=1S/C16H27NO2/c1-5-17-16(12-18-11-13(3)4)14-7-9-15(10-8-14)19-6-2/h7-10,13,16-17H,5-6,11-12H2,1-4H3. The van der Waals surface area contributed by atoms with Crippen molar-refractivity contribution in [1.82, 2.24) is 5.32 Å². The fourth-order valence-electron chi connectivity index (χ4n) is 1.90. The molecule has 0 spiro atoms. The SMILES string of the molecule is CCNC(COCC(C)C)c1ccc(OCC)cc1. The minimum absolute atomic E-state index is 0.249. The van der Waals surface area contributed by atoms with E-state index in [0.717, 1.165) is 18.9 Å². The van der Waals surface area contributed by atoms with E-state index in [2.05, 4.69) is 38.2 Å². The van der Waals surface area contributed by atoms with Gasteiger partial charge in [-0.2, -0.15) is 0 Å². The third kappa shape index (κ3) is 6.08. The van der Waals surface area contributed by atoms with Crippen LogP contribution in [0.2, 0.25) is 0 Å². The first-order chi connectivity index (χ1) is 9.17. The molecule has 0 aromatic heterocycles. The summed E-state index contributed by atoms with van der Waals surface area (Å²) in [5.41, 5.74) is 1.24. The Morgan fingerprint density at radius 1 is 1.05 bits per heavy atom. The highest BCUT2D eigenvalue weighted by atomic mass is 16.5. The van der Waals surface area contributed by atoms with Gasteiger partial charge in [0.25, 0.3) is 0 Å². The molecular weight excluding hydrogens is 238 g/mol. The predicted molar refractivity (Wildman–Crippen MR) is 79.7 cm³/mol. The summed E-state index contributed by atoms with van der Waals surface area (Å²) < 4.78 is 11.2. The molecule has 3 heteroatoms. The maximum atomic E-state index is 5.75. The molecule has 3 nitrogen and oxygen atoms in total. The monoisotopic (exact) mass is 265 g/mol. The molecule has 0 bridgehead atoms. The van der Waals surface area contributed by atoms with Gasteiger partial charge in [0.1, 0.15) is 5.75 Å². The second-order valence-corrected chi connectivity index (χ2v) is 5.04. The van der Waals surface area contributed by atoms with Crippen LogP contribution in [0.1, 0.15) is 39.3 Å². The number of hydrogen-bond acceptors (Lipinski definition) is 3. The molecule has 0 saturated heterocycles. The Morgan fingerprint density at radius 2 is 1.74 bits per heavy atom. The third-order valence-corrected chi connectivity index (χ3v) is 2.78. The number of benzene rings is 1. The van der Waals surface area contributed by atoms with Gasteiger partial charge in [-0.25, -0.2) is 0 Å². The molecule has 0 aliphatic carbocycles. The van der Waals surface area contributed by atoms with E-state index in [1.54, 1.807) is 0 Å². The number of ether oxygens (including phenoxy) is 2. The van der Waals surface area contributed by atoms with Crippen LogP contribution in [-0.4, -0.2) is 26.4 Å². The van der Waals surface area contributed by atoms with Crippen LogP contribution in [0.25, 0.3) is 0 Å². The molecule has 1 aromatic rings. The van der Waals surface area contributed by atoms with Gasteiger partial charge in [-0.05, 0) is 37.1 Å². The largest absolute Gasteiger partial charge is 0.494 e. The molecule has 0 radical (unpaired) electrons. The van der Waals surface area contributed by atoms with Gasteiger partial charge in [-0.15, -0.1) is 0 Å². The van der Waals surface area contributed by atoms with Gasteiger partial charge >= 0.3 is 0 Å². The van der Waals surface area contributed by atoms with Crippen LogP contribution in [0, 0.1) is 5.92 Å². The molecular formula is C16H27NO2. The highest BCUT2D eigenvalue weighted by Crippen LogP contribution is 2.18. The van der Waals surface area contributed by atoms with Crippen molar-refractivity contribution < 1.29 is 9.47 Å². The maximum Gasteiger partial charge on any atom is 0.119 e. The van der Waals surface area contributed by atoms with Crippen molar-refractivity contribution >= 4 is 0 Å². The van der Waals surface area contributed by atoms with Gasteiger partial charge in [-0.1, -0.05) is 32.9 Å². The summed E-state index contributed by atoms with van der Waals surface area (Å²) in [7, 11) is 0. The number of rotatable bonds is 9. The van der Waals surface area contributed by atoms with Crippen molar-refractivity contribution in [2.75, 3.05) is 26.4 Å². The van der Waals surface area contributed by atoms with Gasteiger partial charge in [0, 0.05) is 6.61 Å². The lowest BCUT2D eigenvalue weighted by molar-refractivity contribution is 0.0905. The molecule has 1 unspecified atom stereocenters. The smallest absolute Gasteiger partial charge is 0.119 e. The molecule has 1 N–H and O–H groups in total. The number of likely N-dealkylation sites (N-methyl/N-ethyl adjacent to an activating group) is 1. The summed E-state index contributed by atoms with van der Waals surface area (Å²) in [5, 5.41) is 3.46. The summed E-state index contributed by atoms with van der Waals surface area (Å²) in [6.45, 7) is 11.6. The minimum Gasteiger partial charge on any atom is -0.494 e. The van der Waals surface area contributed by atoms with Crippen molar-refractivity contribution in [3.8, 4) is 5.75 Å². The first kappa shape index (κ1) is 16.0. The maximum absolute atomic E-state index is 5.75. The molecule has 0 saturated carbocycles. The Labute approximate surface area is 117 Å². The first-order valence-corrected chi connectivity index (χ1v) is 7.21. The molecule has 1 aromatic carbocycles. The van der Waals surface area contributed by atoms with Crippen molar-refractivity contribution in [2.45, 2.75) is 33.7 Å². The fraction of sp³-hybridized carbons (Fsp3) is 0.625. The molecule has 0 aliphatic heterocycles. The second kappa shape index (κ2) is 8.94. The molecule has 108 valence electrons. The van der Waals surface area contributed by atoms with Crippen molar-refractivity contribution in [2.24, 2.45) is 5.92 Å². The van der Waals surface area contributed by atoms with Crippen molar-refractivity contribution in [1.29, 1.82) is 0 Å². The van der Waals surface area contributed by atoms with E-state index in [0.29, 0.717) is 19.1 Å². The van der Waals surface area contributed by atoms with Gasteiger partial charge < -0.3 is 14.8 Å². The zero-order valence-electron chi connectivity index (χ0n) is 12.6. The van der Waals surface area contributed by atoms with E-state index in [1.165, 1.54) is 5.56 Å². The van der Waals surface area contributed by atoms with Crippen LogP contribution in [0.3, 0.4) is 0 Å². The molecule has 0 heterocycles. The normalized spacial score (nSPS) is 12.7. The Kier molecular flexibility index (Phi) is 7.53. The summed E-state index contributed by atoms with van der Waals surface area (Å²) in [6, 6.07) is 8.50. The minimum atomic E-state index is 0.249. The molecule has 1 rings (SSSR count).